The molecule has 0 spiro atoms. The summed E-state index contributed by atoms with van der Waals surface area (Å²) in [6.07, 6.45) is 1.48. The van der Waals surface area contributed by atoms with Crippen LogP contribution in [0.25, 0.3) is 0 Å². The molecule has 0 unspecified atom stereocenters. The number of benzene rings is 2. The van der Waals surface area contributed by atoms with Crippen LogP contribution in [0, 0.1) is 24.0 Å². The standard InChI is InChI=1S/C19H17N5O3/c1-12-3-4-14(10-17(12)24(26)27)19(25)23-16-7-5-15(6-8-16)22-18-9-13(2)20-11-21-18/h3-11H,1-2H3,(H,23,25)(H,20,21,22). The lowest BCUT2D eigenvalue weighted by Gasteiger charge is -2.09. The van der Waals surface area contributed by atoms with Crippen molar-refractivity contribution in [1.82, 2.24) is 9.97 Å². The number of nitro groups is 1. The Kier molecular flexibility index (Phi) is 5.07. The van der Waals surface area contributed by atoms with Gasteiger partial charge in [-0.05, 0) is 44.2 Å². The Morgan fingerprint density at radius 2 is 1.70 bits per heavy atom. The maximum Gasteiger partial charge on any atom is 0.273 e. The molecule has 0 aliphatic rings. The normalized spacial score (nSPS) is 10.3. The molecule has 3 aromatic rings. The molecule has 0 radical (unpaired) electrons. The second-order valence-electron chi connectivity index (χ2n) is 5.96. The van der Waals surface area contributed by atoms with Crippen molar-refractivity contribution in [3.8, 4) is 0 Å². The van der Waals surface area contributed by atoms with E-state index in [-0.39, 0.29) is 11.3 Å². The van der Waals surface area contributed by atoms with Crippen LogP contribution in [0.5, 0.6) is 0 Å². The van der Waals surface area contributed by atoms with Crippen LogP contribution in [0.2, 0.25) is 0 Å². The molecule has 8 nitrogen and oxygen atoms in total. The molecule has 1 heterocycles. The van der Waals surface area contributed by atoms with Gasteiger partial charge >= 0.3 is 0 Å². The van der Waals surface area contributed by atoms with Crippen LogP contribution in [-0.2, 0) is 0 Å². The summed E-state index contributed by atoms with van der Waals surface area (Å²) in [5.74, 6) is 0.261. The topological polar surface area (TPSA) is 110 Å². The summed E-state index contributed by atoms with van der Waals surface area (Å²) in [5, 5.41) is 16.9. The van der Waals surface area contributed by atoms with E-state index in [4.69, 9.17) is 0 Å². The highest BCUT2D eigenvalue weighted by molar-refractivity contribution is 6.04. The Balaban J connectivity index is 1.70. The van der Waals surface area contributed by atoms with E-state index >= 15 is 0 Å². The molecule has 3 rings (SSSR count). The zero-order valence-electron chi connectivity index (χ0n) is 14.8. The minimum atomic E-state index is -0.499. The van der Waals surface area contributed by atoms with E-state index in [2.05, 4.69) is 20.6 Å². The fraction of sp³-hybridized carbons (Fsp3) is 0.105. The van der Waals surface area contributed by atoms with Crippen molar-refractivity contribution in [2.24, 2.45) is 0 Å². The van der Waals surface area contributed by atoms with Crippen LogP contribution in [0.4, 0.5) is 22.9 Å². The second kappa shape index (κ2) is 7.61. The van der Waals surface area contributed by atoms with E-state index in [9.17, 15) is 14.9 Å². The Bertz CT molecular complexity index is 1000. The summed E-state index contributed by atoms with van der Waals surface area (Å²) in [6, 6.07) is 13.3. The molecule has 0 saturated heterocycles. The number of hydrogen-bond acceptors (Lipinski definition) is 6. The molecule has 2 N–H and O–H groups in total. The Hall–Kier alpha value is -3.81. The van der Waals surface area contributed by atoms with Gasteiger partial charge in [-0.25, -0.2) is 9.97 Å². The van der Waals surface area contributed by atoms with Crippen LogP contribution in [0.1, 0.15) is 21.6 Å². The number of anilines is 3. The molecular formula is C19H17N5O3. The summed E-state index contributed by atoms with van der Waals surface area (Å²) in [4.78, 5) is 31.0. The van der Waals surface area contributed by atoms with E-state index in [1.165, 1.54) is 12.4 Å². The van der Waals surface area contributed by atoms with Gasteiger partial charge in [0.15, 0.2) is 0 Å². The van der Waals surface area contributed by atoms with Gasteiger partial charge in [-0.15, -0.1) is 0 Å². The number of nitrogens with one attached hydrogen (secondary N) is 2. The first-order valence-corrected chi connectivity index (χ1v) is 8.14. The number of carbonyl (C=O) groups is 1. The Labute approximate surface area is 155 Å². The Morgan fingerprint density at radius 1 is 1.00 bits per heavy atom. The summed E-state index contributed by atoms with van der Waals surface area (Å²) in [5.41, 5.74) is 2.88. The number of aryl methyl sites for hydroxylation is 2. The van der Waals surface area contributed by atoms with Crippen molar-refractivity contribution in [3.63, 3.8) is 0 Å². The van der Waals surface area contributed by atoms with Crippen LogP contribution in [-0.4, -0.2) is 20.8 Å². The van der Waals surface area contributed by atoms with E-state index in [1.54, 1.807) is 43.3 Å². The molecule has 0 saturated carbocycles. The lowest BCUT2D eigenvalue weighted by Crippen LogP contribution is -2.12. The van der Waals surface area contributed by atoms with E-state index in [0.29, 0.717) is 17.1 Å². The third-order valence-corrected chi connectivity index (χ3v) is 3.89. The fourth-order valence-corrected chi connectivity index (χ4v) is 2.46. The highest BCUT2D eigenvalue weighted by Crippen LogP contribution is 2.21. The maximum atomic E-state index is 12.3. The van der Waals surface area contributed by atoms with Gasteiger partial charge in [0.25, 0.3) is 11.6 Å². The zero-order valence-corrected chi connectivity index (χ0v) is 14.8. The largest absolute Gasteiger partial charge is 0.340 e. The van der Waals surface area contributed by atoms with Gasteiger partial charge in [-0.1, -0.05) is 6.07 Å². The van der Waals surface area contributed by atoms with Crippen molar-refractivity contribution in [2.45, 2.75) is 13.8 Å². The Morgan fingerprint density at radius 3 is 2.37 bits per heavy atom. The van der Waals surface area contributed by atoms with E-state index in [1.807, 2.05) is 13.0 Å². The number of hydrogen-bond donors (Lipinski definition) is 2. The molecule has 0 aliphatic heterocycles. The van der Waals surface area contributed by atoms with E-state index < -0.39 is 10.8 Å². The molecular weight excluding hydrogens is 346 g/mol. The number of aromatic nitrogens is 2. The molecule has 0 atom stereocenters. The monoisotopic (exact) mass is 363 g/mol. The third kappa shape index (κ3) is 4.43. The van der Waals surface area contributed by atoms with Crippen molar-refractivity contribution in [1.29, 1.82) is 0 Å². The van der Waals surface area contributed by atoms with Gasteiger partial charge in [0.05, 0.1) is 4.92 Å². The number of amides is 1. The molecule has 0 fully saturated rings. The van der Waals surface area contributed by atoms with Gasteiger partial charge in [0.2, 0.25) is 0 Å². The highest BCUT2D eigenvalue weighted by atomic mass is 16.6. The van der Waals surface area contributed by atoms with Crippen LogP contribution in [0.3, 0.4) is 0 Å². The van der Waals surface area contributed by atoms with Crippen molar-refractivity contribution < 1.29 is 9.72 Å². The number of nitrogens with zero attached hydrogens (tertiary/aromatic N) is 3. The number of rotatable bonds is 5. The van der Waals surface area contributed by atoms with Gasteiger partial charge in [-0.2, -0.15) is 0 Å². The molecule has 1 aromatic heterocycles. The first kappa shape index (κ1) is 18.0. The minimum Gasteiger partial charge on any atom is -0.340 e. The van der Waals surface area contributed by atoms with Crippen LogP contribution in [0.15, 0.2) is 54.9 Å². The lowest BCUT2D eigenvalue weighted by atomic mass is 10.1. The quantitative estimate of drug-likeness (QED) is 0.524. The summed E-state index contributed by atoms with van der Waals surface area (Å²) < 4.78 is 0. The summed E-state index contributed by atoms with van der Waals surface area (Å²) in [7, 11) is 0. The zero-order chi connectivity index (χ0) is 19.4. The predicted octanol–water partition coefficient (Wildman–Crippen LogP) is 4.00. The summed E-state index contributed by atoms with van der Waals surface area (Å²) in [6.45, 7) is 3.51. The third-order valence-electron chi connectivity index (χ3n) is 3.89. The number of nitro benzene ring substituents is 1. The SMILES string of the molecule is Cc1cc(Nc2ccc(NC(=O)c3ccc(C)c([N+](=O)[O-])c3)cc2)ncn1. The molecule has 27 heavy (non-hydrogen) atoms. The lowest BCUT2D eigenvalue weighted by molar-refractivity contribution is -0.385. The number of carbonyl (C=O) groups excluding carboxylic acids is 1. The molecule has 136 valence electrons. The summed E-state index contributed by atoms with van der Waals surface area (Å²) >= 11 is 0. The predicted molar refractivity (Wildman–Crippen MR) is 102 cm³/mol. The average molecular weight is 363 g/mol. The first-order valence-electron chi connectivity index (χ1n) is 8.14. The minimum absolute atomic E-state index is 0.0812. The van der Waals surface area contributed by atoms with Crippen molar-refractivity contribution in [2.75, 3.05) is 10.6 Å². The first-order chi connectivity index (χ1) is 12.9. The van der Waals surface area contributed by atoms with Gasteiger partial charge in [0, 0.05) is 40.3 Å². The average Bonchev–Trinajstić information content (AvgIpc) is 2.63. The molecule has 8 heteroatoms. The smallest absolute Gasteiger partial charge is 0.273 e. The van der Waals surface area contributed by atoms with Gasteiger partial charge in [0.1, 0.15) is 12.1 Å². The van der Waals surface area contributed by atoms with E-state index in [0.717, 1.165) is 11.4 Å². The molecule has 1 amide bonds. The van der Waals surface area contributed by atoms with Gasteiger partial charge < -0.3 is 10.6 Å². The second-order valence-corrected chi connectivity index (χ2v) is 5.96. The van der Waals surface area contributed by atoms with Crippen molar-refractivity contribution >= 4 is 28.8 Å². The highest BCUT2D eigenvalue weighted by Gasteiger charge is 2.15. The molecule has 0 bridgehead atoms. The van der Waals surface area contributed by atoms with Gasteiger partial charge in [-0.3, -0.25) is 14.9 Å². The fourth-order valence-electron chi connectivity index (χ4n) is 2.46. The molecule has 2 aromatic carbocycles. The van der Waals surface area contributed by atoms with Crippen LogP contribution >= 0.6 is 0 Å². The molecule has 0 aliphatic carbocycles. The van der Waals surface area contributed by atoms with Crippen molar-refractivity contribution in [3.05, 3.63) is 81.8 Å². The maximum absolute atomic E-state index is 12.3. The van der Waals surface area contributed by atoms with Crippen LogP contribution < -0.4 is 10.6 Å².